The fraction of sp³-hybridized carbons (Fsp3) is 0.238. The van der Waals surface area contributed by atoms with Crippen LogP contribution < -0.4 is 20.4 Å². The minimum Gasteiger partial charge on any atom is -0.457 e. The lowest BCUT2D eigenvalue weighted by molar-refractivity contribution is -0.890. The van der Waals surface area contributed by atoms with Crippen molar-refractivity contribution >= 4 is 47.2 Å². The molecule has 8 rings (SSSR count). The summed E-state index contributed by atoms with van der Waals surface area (Å²) in [7, 11) is 3.37. The number of allylic oxidation sites excluding steroid dienone is 2. The SMILES string of the molecule is CC1=C(C(=O)OCc2ccccc2)[C@@H](c2ccc(C#N)cc2)N(CC(=O)NCC[N+](C)(C)CNC(=O)CN2C(=O)N(c3cccc(C(F)(F)F)c3)C(C)=C(C(=O)OCc3ccccc3)[C@H]2c2ccc(C#N)cc2)C(=O)N1c1cccc(C(F)(F)F)c1. The summed E-state index contributed by atoms with van der Waals surface area (Å²) in [4.78, 5) is 90.7. The highest BCUT2D eigenvalue weighted by molar-refractivity contribution is 6.06. The van der Waals surface area contributed by atoms with E-state index in [1.54, 1.807) is 74.8 Å². The first kappa shape index (κ1) is 61.8. The van der Waals surface area contributed by atoms with Crippen LogP contribution in [0.5, 0.6) is 0 Å². The summed E-state index contributed by atoms with van der Waals surface area (Å²) >= 11 is 0. The number of quaternary nitrogens is 1. The number of esters is 2. The van der Waals surface area contributed by atoms with Gasteiger partial charge in [0.15, 0.2) is 6.67 Å². The Kier molecular flexibility index (Phi) is 18.8. The lowest BCUT2D eigenvalue weighted by atomic mass is 9.92. The molecule has 17 nitrogen and oxygen atoms in total. The second-order valence-electron chi connectivity index (χ2n) is 20.7. The molecule has 86 heavy (non-hydrogen) atoms. The average molecular weight is 1180 g/mol. The monoisotopic (exact) mass is 1180 g/mol. The summed E-state index contributed by atoms with van der Waals surface area (Å²) in [6.45, 7) is 0.567. The second-order valence-corrected chi connectivity index (χ2v) is 20.7. The Morgan fingerprint density at radius 2 is 0.930 bits per heavy atom. The van der Waals surface area contributed by atoms with E-state index in [1.807, 2.05) is 12.1 Å². The number of nitrogens with zero attached hydrogens (tertiary/aromatic N) is 7. The van der Waals surface area contributed by atoms with Crippen LogP contribution >= 0.6 is 0 Å². The summed E-state index contributed by atoms with van der Waals surface area (Å²) in [5, 5.41) is 24.7. The Morgan fingerprint density at radius 1 is 0.547 bits per heavy atom. The standard InChI is InChI=1S/C63H55F6N9O8/c1-40-54(58(81)85-37-44-13-7-5-8-14-44)56(46-25-21-42(33-70)22-26-46)74(60(83)76(40)50-19-11-17-48(31-50)62(64,65)66)35-52(79)72-29-30-78(3,4)39-73-53(80)36-75-57(47-27-23-43(34-71)24-28-47)55(59(82)86-38-45-15-9-6-10-16-45)41(2)77(61(75)84)51-20-12-18-49(32-51)63(67,68)69/h5-28,31-32,56-57H,29-30,35-39H2,1-4H3,(H-,72,73,79,80)/p+1/t56-,57-/m1/s1. The van der Waals surface area contributed by atoms with Gasteiger partial charge in [0, 0.05) is 11.4 Å². The lowest BCUT2D eigenvalue weighted by Gasteiger charge is -2.42. The minimum atomic E-state index is -4.83. The molecule has 6 aromatic carbocycles. The normalized spacial score (nSPS) is 15.7. The van der Waals surface area contributed by atoms with Crippen molar-refractivity contribution in [3.05, 3.63) is 225 Å². The maximum Gasteiger partial charge on any atom is 0.416 e. The molecule has 0 radical (unpaired) electrons. The molecule has 0 unspecified atom stereocenters. The molecular formula is C63H56F6N9O8+. The van der Waals surface area contributed by atoms with E-state index in [2.05, 4.69) is 10.6 Å². The van der Waals surface area contributed by atoms with Crippen LogP contribution in [0.4, 0.5) is 47.3 Å². The smallest absolute Gasteiger partial charge is 0.416 e. The number of nitrogens with one attached hydrogen (secondary N) is 2. The lowest BCUT2D eigenvalue weighted by Crippen LogP contribution is -2.56. The van der Waals surface area contributed by atoms with Gasteiger partial charge in [0.25, 0.3) is 0 Å². The predicted molar refractivity (Wildman–Crippen MR) is 301 cm³/mol. The second kappa shape index (κ2) is 26.1. The highest BCUT2D eigenvalue weighted by Gasteiger charge is 2.47. The van der Waals surface area contributed by atoms with E-state index < -0.39 is 84.5 Å². The van der Waals surface area contributed by atoms with Gasteiger partial charge >= 0.3 is 36.4 Å². The Hall–Kier alpha value is -10.3. The summed E-state index contributed by atoms with van der Waals surface area (Å²) in [6, 6.07) is 36.0. The molecule has 2 aliphatic heterocycles. The summed E-state index contributed by atoms with van der Waals surface area (Å²) in [5.41, 5.74) is -1.11. The molecule has 2 aliphatic rings. The van der Waals surface area contributed by atoms with E-state index in [0.29, 0.717) is 11.1 Å². The maximum atomic E-state index is 14.9. The van der Waals surface area contributed by atoms with Crippen LogP contribution in [0, 0.1) is 22.7 Å². The van der Waals surface area contributed by atoms with Crippen molar-refractivity contribution < 1.29 is 69.1 Å². The fourth-order valence-electron chi connectivity index (χ4n) is 9.88. The number of nitriles is 2. The first-order chi connectivity index (χ1) is 40.9. The molecule has 0 saturated carbocycles. The molecule has 2 N–H and O–H groups in total. The van der Waals surface area contributed by atoms with E-state index in [-0.39, 0.29) is 93.6 Å². The highest BCUT2D eigenvalue weighted by atomic mass is 19.4. The summed E-state index contributed by atoms with van der Waals surface area (Å²) in [6.07, 6.45) is -9.65. The number of hydrogen-bond acceptors (Lipinski definition) is 10. The molecule has 0 saturated heterocycles. The number of anilines is 2. The first-order valence-corrected chi connectivity index (χ1v) is 26.6. The van der Waals surface area contributed by atoms with Gasteiger partial charge in [-0.3, -0.25) is 19.4 Å². The van der Waals surface area contributed by atoms with Gasteiger partial charge in [-0.2, -0.15) is 36.9 Å². The van der Waals surface area contributed by atoms with Crippen LogP contribution in [0.1, 0.15) is 70.4 Å². The van der Waals surface area contributed by atoms with E-state index in [4.69, 9.17) is 9.47 Å². The molecule has 6 aromatic rings. The van der Waals surface area contributed by atoms with Gasteiger partial charge in [-0.25, -0.2) is 19.2 Å². The number of urea groups is 2. The first-order valence-electron chi connectivity index (χ1n) is 26.6. The van der Waals surface area contributed by atoms with E-state index in [0.717, 1.165) is 56.0 Å². The van der Waals surface area contributed by atoms with Gasteiger partial charge in [0.1, 0.15) is 26.3 Å². The van der Waals surface area contributed by atoms with Gasteiger partial charge in [0.05, 0.1) is 96.2 Å². The third-order valence-corrected chi connectivity index (χ3v) is 14.3. The van der Waals surface area contributed by atoms with E-state index in [9.17, 15) is 65.6 Å². The van der Waals surface area contributed by atoms with Crippen LogP contribution in [-0.2, 0) is 54.2 Å². The molecule has 2 heterocycles. The molecular weight excluding hydrogens is 1120 g/mol. The molecule has 0 fully saturated rings. The Morgan fingerprint density at radius 3 is 1.30 bits per heavy atom. The van der Waals surface area contributed by atoms with Gasteiger partial charge in [-0.05, 0) is 96.8 Å². The third-order valence-electron chi connectivity index (χ3n) is 14.3. The van der Waals surface area contributed by atoms with Crippen molar-refractivity contribution in [2.75, 3.05) is 56.7 Å². The van der Waals surface area contributed by atoms with E-state index >= 15 is 0 Å². The number of hydrogen-bond donors (Lipinski definition) is 2. The number of benzene rings is 6. The number of ether oxygens (including phenoxy) is 2. The molecule has 442 valence electrons. The Bertz CT molecular complexity index is 3690. The largest absolute Gasteiger partial charge is 0.457 e. The van der Waals surface area contributed by atoms with Crippen molar-refractivity contribution in [3.63, 3.8) is 0 Å². The molecule has 6 amide bonds. The van der Waals surface area contributed by atoms with Crippen LogP contribution in [0.3, 0.4) is 0 Å². The highest BCUT2D eigenvalue weighted by Crippen LogP contribution is 2.44. The minimum absolute atomic E-state index is 0.0510. The Balaban J connectivity index is 1.03. The molecule has 0 spiro atoms. The molecule has 0 bridgehead atoms. The summed E-state index contributed by atoms with van der Waals surface area (Å²) < 4.78 is 96.3. The number of alkyl halides is 6. The zero-order valence-electron chi connectivity index (χ0n) is 46.8. The van der Waals surface area contributed by atoms with Crippen LogP contribution in [0.15, 0.2) is 180 Å². The number of carbonyl (C=O) groups excluding carboxylic acids is 6. The zero-order chi connectivity index (χ0) is 62.1. The molecule has 23 heteroatoms. The van der Waals surface area contributed by atoms with E-state index in [1.165, 1.54) is 74.5 Å². The van der Waals surface area contributed by atoms with Crippen molar-refractivity contribution in [2.24, 2.45) is 0 Å². The number of carbonyl (C=O) groups is 6. The molecule has 0 aliphatic carbocycles. The fourth-order valence-corrected chi connectivity index (χ4v) is 9.88. The van der Waals surface area contributed by atoms with Gasteiger partial charge < -0.3 is 34.4 Å². The van der Waals surface area contributed by atoms with Crippen molar-refractivity contribution in [1.29, 1.82) is 10.5 Å². The number of likely N-dealkylation sites (N-methyl/N-ethyl adjacent to an activating group) is 1. The average Bonchev–Trinajstić information content (AvgIpc) is 0.798. The number of rotatable bonds is 19. The predicted octanol–water partition coefficient (Wildman–Crippen LogP) is 10.4. The molecule has 2 atom stereocenters. The van der Waals surface area contributed by atoms with Crippen molar-refractivity contribution in [2.45, 2.75) is 51.5 Å². The number of halogens is 6. The summed E-state index contributed by atoms with van der Waals surface area (Å²) in [5.74, 6) is -3.46. The van der Waals surface area contributed by atoms with Gasteiger partial charge in [0.2, 0.25) is 11.8 Å². The van der Waals surface area contributed by atoms with Gasteiger partial charge in [-0.1, -0.05) is 97.1 Å². The van der Waals surface area contributed by atoms with Crippen LogP contribution in [0.2, 0.25) is 0 Å². The number of amides is 6. The van der Waals surface area contributed by atoms with Crippen LogP contribution in [0.25, 0.3) is 0 Å². The topological polar surface area (TPSA) is 205 Å². The van der Waals surface area contributed by atoms with Gasteiger partial charge in [-0.15, -0.1) is 0 Å². The van der Waals surface area contributed by atoms with Crippen molar-refractivity contribution in [3.8, 4) is 12.1 Å². The Labute approximate surface area is 490 Å². The van der Waals surface area contributed by atoms with Crippen molar-refractivity contribution in [1.82, 2.24) is 20.4 Å². The van der Waals surface area contributed by atoms with Crippen LogP contribution in [-0.4, -0.2) is 97.0 Å². The maximum absolute atomic E-state index is 14.9. The molecule has 0 aromatic heterocycles. The third kappa shape index (κ3) is 14.4. The zero-order valence-corrected chi connectivity index (χ0v) is 46.8. The quantitative estimate of drug-likeness (QED) is 0.0340.